The van der Waals surface area contributed by atoms with Crippen LogP contribution in [0.15, 0.2) is 48.5 Å². The third-order valence-corrected chi connectivity index (χ3v) is 5.11. The Kier molecular flexibility index (Phi) is 6.04. The van der Waals surface area contributed by atoms with E-state index in [0.717, 1.165) is 13.0 Å². The number of benzene rings is 2. The van der Waals surface area contributed by atoms with E-state index in [9.17, 15) is 9.18 Å². The number of hydrogen-bond donors (Lipinski definition) is 1. The molecule has 0 bridgehead atoms. The van der Waals surface area contributed by atoms with Crippen molar-refractivity contribution in [3.63, 3.8) is 0 Å². The van der Waals surface area contributed by atoms with Crippen LogP contribution in [0, 0.1) is 18.7 Å². The lowest BCUT2D eigenvalue weighted by atomic mass is 9.83. The third-order valence-electron chi connectivity index (χ3n) is 5.11. The van der Waals surface area contributed by atoms with Crippen molar-refractivity contribution in [1.82, 2.24) is 10.2 Å². The number of rotatable bonds is 5. The first-order chi connectivity index (χ1) is 12.6. The fraction of sp³-hybridized carbons (Fsp3) is 0.409. The van der Waals surface area contributed by atoms with Gasteiger partial charge in [-0.25, -0.2) is 4.39 Å². The van der Waals surface area contributed by atoms with Gasteiger partial charge in [-0.2, -0.15) is 0 Å². The molecule has 4 heteroatoms. The molecule has 3 nitrogen and oxygen atoms in total. The molecule has 1 N–H and O–H groups in total. The fourth-order valence-corrected chi connectivity index (χ4v) is 3.86. The Morgan fingerprint density at radius 2 is 2.00 bits per heavy atom. The van der Waals surface area contributed by atoms with Crippen LogP contribution in [0.1, 0.15) is 36.0 Å². The van der Waals surface area contributed by atoms with E-state index in [1.165, 1.54) is 17.2 Å². The van der Waals surface area contributed by atoms with Crippen molar-refractivity contribution in [1.29, 1.82) is 0 Å². The van der Waals surface area contributed by atoms with Gasteiger partial charge in [0.15, 0.2) is 0 Å². The zero-order valence-corrected chi connectivity index (χ0v) is 15.5. The molecule has 1 heterocycles. The number of nitrogens with one attached hydrogen (secondary N) is 1. The highest BCUT2D eigenvalue weighted by Crippen LogP contribution is 2.32. The first-order valence-corrected chi connectivity index (χ1v) is 9.37. The highest BCUT2D eigenvalue weighted by molar-refractivity contribution is 5.79. The molecular formula is C22H27FN2O. The average Bonchev–Trinajstić information content (AvgIpc) is 2.63. The maximum absolute atomic E-state index is 14.1. The van der Waals surface area contributed by atoms with Gasteiger partial charge in [-0.05, 0) is 37.8 Å². The number of aryl methyl sites for hydroxylation is 1. The molecule has 1 fully saturated rings. The van der Waals surface area contributed by atoms with E-state index in [4.69, 9.17) is 0 Å². The predicted molar refractivity (Wildman–Crippen MR) is 102 cm³/mol. The van der Waals surface area contributed by atoms with Crippen LogP contribution in [-0.2, 0) is 11.3 Å². The van der Waals surface area contributed by atoms with Crippen molar-refractivity contribution in [3.8, 4) is 0 Å². The van der Waals surface area contributed by atoms with Gasteiger partial charge < -0.3 is 5.32 Å². The van der Waals surface area contributed by atoms with Crippen LogP contribution in [-0.4, -0.2) is 30.4 Å². The summed E-state index contributed by atoms with van der Waals surface area (Å²) in [5.74, 6) is 0.132. The van der Waals surface area contributed by atoms with Gasteiger partial charge in [-0.1, -0.05) is 48.0 Å². The molecule has 1 amide bonds. The summed E-state index contributed by atoms with van der Waals surface area (Å²) < 4.78 is 14.1. The standard InChI is InChI=1S/C22H27FN2O/c1-3-24-22(26)20-12-19(17-9-6-7-16(2)11-17)14-25(15-20)13-18-8-4-5-10-21(18)23/h4-11,19-20H,3,12-15H2,1-2H3,(H,24,26)/t19-,20-/m0/s1. The van der Waals surface area contributed by atoms with Crippen LogP contribution in [0.3, 0.4) is 0 Å². The van der Waals surface area contributed by atoms with Gasteiger partial charge in [-0.15, -0.1) is 0 Å². The molecule has 0 aromatic heterocycles. The van der Waals surface area contributed by atoms with Gasteiger partial charge in [0.1, 0.15) is 5.82 Å². The number of nitrogens with zero attached hydrogens (tertiary/aromatic N) is 1. The Morgan fingerprint density at radius 1 is 1.19 bits per heavy atom. The molecule has 138 valence electrons. The Labute approximate surface area is 155 Å². The minimum absolute atomic E-state index is 0.0685. The van der Waals surface area contributed by atoms with Gasteiger partial charge >= 0.3 is 0 Å². The van der Waals surface area contributed by atoms with Crippen molar-refractivity contribution in [2.75, 3.05) is 19.6 Å². The quantitative estimate of drug-likeness (QED) is 0.884. The number of amides is 1. The molecule has 0 unspecified atom stereocenters. The molecule has 26 heavy (non-hydrogen) atoms. The lowest BCUT2D eigenvalue weighted by Gasteiger charge is -2.37. The summed E-state index contributed by atoms with van der Waals surface area (Å²) in [4.78, 5) is 14.7. The molecule has 1 saturated heterocycles. The number of carbonyl (C=O) groups excluding carboxylic acids is 1. The normalized spacial score (nSPS) is 20.7. The van der Waals surface area contributed by atoms with E-state index in [0.29, 0.717) is 25.2 Å². The van der Waals surface area contributed by atoms with Crippen molar-refractivity contribution in [2.24, 2.45) is 5.92 Å². The van der Waals surface area contributed by atoms with Crippen LogP contribution in [0.5, 0.6) is 0 Å². The lowest BCUT2D eigenvalue weighted by molar-refractivity contribution is -0.127. The molecular weight excluding hydrogens is 327 g/mol. The van der Waals surface area contributed by atoms with Crippen LogP contribution in [0.25, 0.3) is 0 Å². The predicted octanol–water partition coefficient (Wildman–Crippen LogP) is 3.88. The molecule has 0 saturated carbocycles. The average molecular weight is 354 g/mol. The molecule has 2 aromatic carbocycles. The molecule has 3 rings (SSSR count). The van der Waals surface area contributed by atoms with Crippen LogP contribution >= 0.6 is 0 Å². The van der Waals surface area contributed by atoms with E-state index in [-0.39, 0.29) is 23.6 Å². The maximum Gasteiger partial charge on any atom is 0.224 e. The highest BCUT2D eigenvalue weighted by atomic mass is 19.1. The number of carbonyl (C=O) groups is 1. The summed E-state index contributed by atoms with van der Waals surface area (Å²) in [7, 11) is 0. The van der Waals surface area contributed by atoms with Crippen LogP contribution in [0.2, 0.25) is 0 Å². The SMILES string of the molecule is CCNC(=O)[C@H]1C[C@H](c2cccc(C)c2)CN(Cc2ccccc2F)C1. The van der Waals surface area contributed by atoms with E-state index in [1.807, 2.05) is 19.1 Å². The summed E-state index contributed by atoms with van der Waals surface area (Å²) in [6.07, 6.45) is 0.836. The fourth-order valence-electron chi connectivity index (χ4n) is 3.86. The molecule has 2 aromatic rings. The number of piperidine rings is 1. The Hall–Kier alpha value is -2.20. The molecule has 0 radical (unpaired) electrons. The van der Waals surface area contributed by atoms with E-state index >= 15 is 0 Å². The van der Waals surface area contributed by atoms with Gasteiger partial charge in [0, 0.05) is 31.7 Å². The van der Waals surface area contributed by atoms with E-state index in [1.54, 1.807) is 6.07 Å². The smallest absolute Gasteiger partial charge is 0.224 e. The summed E-state index contributed by atoms with van der Waals surface area (Å²) in [6, 6.07) is 15.4. The molecule has 1 aliphatic rings. The van der Waals surface area contributed by atoms with Gasteiger partial charge in [0.2, 0.25) is 5.91 Å². The van der Waals surface area contributed by atoms with Gasteiger partial charge in [-0.3, -0.25) is 9.69 Å². The second-order valence-electron chi connectivity index (χ2n) is 7.22. The highest BCUT2D eigenvalue weighted by Gasteiger charge is 2.32. The number of halogens is 1. The molecule has 1 aliphatic heterocycles. The summed E-state index contributed by atoms with van der Waals surface area (Å²) >= 11 is 0. The minimum Gasteiger partial charge on any atom is -0.356 e. The summed E-state index contributed by atoms with van der Waals surface area (Å²) in [5.41, 5.74) is 3.17. The Morgan fingerprint density at radius 3 is 2.73 bits per heavy atom. The third kappa shape index (κ3) is 4.50. The Balaban J connectivity index is 1.82. The zero-order valence-electron chi connectivity index (χ0n) is 15.5. The van der Waals surface area contributed by atoms with Crippen molar-refractivity contribution < 1.29 is 9.18 Å². The van der Waals surface area contributed by atoms with E-state index < -0.39 is 0 Å². The topological polar surface area (TPSA) is 32.3 Å². The first-order valence-electron chi connectivity index (χ1n) is 9.37. The second-order valence-corrected chi connectivity index (χ2v) is 7.22. The minimum atomic E-state index is -0.181. The second kappa shape index (κ2) is 8.45. The van der Waals surface area contributed by atoms with Crippen molar-refractivity contribution in [2.45, 2.75) is 32.7 Å². The van der Waals surface area contributed by atoms with Gasteiger partial charge in [0.25, 0.3) is 0 Å². The first kappa shape index (κ1) is 18.6. The Bertz CT molecular complexity index is 761. The van der Waals surface area contributed by atoms with Gasteiger partial charge in [0.05, 0.1) is 5.92 Å². The molecule has 0 aliphatic carbocycles. The largest absolute Gasteiger partial charge is 0.356 e. The molecule has 0 spiro atoms. The van der Waals surface area contributed by atoms with Crippen molar-refractivity contribution >= 4 is 5.91 Å². The number of likely N-dealkylation sites (tertiary alicyclic amines) is 1. The number of hydrogen-bond acceptors (Lipinski definition) is 2. The maximum atomic E-state index is 14.1. The zero-order chi connectivity index (χ0) is 18.5. The molecule has 2 atom stereocenters. The lowest BCUT2D eigenvalue weighted by Crippen LogP contribution is -2.45. The summed E-state index contributed by atoms with van der Waals surface area (Å²) in [6.45, 7) is 6.71. The van der Waals surface area contributed by atoms with Crippen LogP contribution < -0.4 is 5.32 Å². The monoisotopic (exact) mass is 354 g/mol. The van der Waals surface area contributed by atoms with Crippen LogP contribution in [0.4, 0.5) is 4.39 Å². The van der Waals surface area contributed by atoms with E-state index in [2.05, 4.69) is 41.4 Å². The van der Waals surface area contributed by atoms with Crippen molar-refractivity contribution in [3.05, 3.63) is 71.0 Å². The summed E-state index contributed by atoms with van der Waals surface area (Å²) in [5, 5.41) is 2.95.